The van der Waals surface area contributed by atoms with Crippen molar-refractivity contribution < 1.29 is 12.8 Å². The maximum Gasteiger partial charge on any atom is 0.241 e. The van der Waals surface area contributed by atoms with Crippen LogP contribution in [0.15, 0.2) is 23.1 Å². The summed E-state index contributed by atoms with van der Waals surface area (Å²) in [5.74, 6) is -0.268. The lowest BCUT2D eigenvalue weighted by Crippen LogP contribution is -2.44. The van der Waals surface area contributed by atoms with Gasteiger partial charge in [0.1, 0.15) is 5.82 Å². The Labute approximate surface area is 119 Å². The van der Waals surface area contributed by atoms with Crippen molar-refractivity contribution in [2.45, 2.75) is 37.6 Å². The molecule has 1 saturated heterocycles. The second-order valence-corrected chi connectivity index (χ2v) is 7.11. The number of benzene rings is 1. The molecule has 0 aliphatic carbocycles. The van der Waals surface area contributed by atoms with Gasteiger partial charge in [-0.25, -0.2) is 17.5 Å². The molecule has 1 fully saturated rings. The van der Waals surface area contributed by atoms with Crippen LogP contribution < -0.4 is 10.0 Å². The molecule has 0 amide bonds. The summed E-state index contributed by atoms with van der Waals surface area (Å²) in [5.41, 5.74) is 0.549. The van der Waals surface area contributed by atoms with Crippen LogP contribution in [-0.4, -0.2) is 27.5 Å². The minimum Gasteiger partial charge on any atom is -0.316 e. The van der Waals surface area contributed by atoms with Gasteiger partial charge in [0.05, 0.1) is 4.90 Å². The molecule has 112 valence electrons. The van der Waals surface area contributed by atoms with Gasteiger partial charge in [0, 0.05) is 6.04 Å². The molecule has 0 bridgehead atoms. The SMILES string of the molecule is Cc1ccc(F)cc1S(=O)(=O)NC(C)C1CCCNC1. The van der Waals surface area contributed by atoms with Gasteiger partial charge in [-0.15, -0.1) is 0 Å². The van der Waals surface area contributed by atoms with Crippen molar-refractivity contribution in [1.29, 1.82) is 0 Å². The van der Waals surface area contributed by atoms with Gasteiger partial charge in [0.2, 0.25) is 10.0 Å². The quantitative estimate of drug-likeness (QED) is 0.891. The Morgan fingerprint density at radius 3 is 2.85 bits per heavy atom. The minimum atomic E-state index is -3.68. The van der Waals surface area contributed by atoms with Crippen molar-refractivity contribution in [3.63, 3.8) is 0 Å². The summed E-state index contributed by atoms with van der Waals surface area (Å²) in [4.78, 5) is 0.0214. The number of rotatable bonds is 4. The van der Waals surface area contributed by atoms with Crippen molar-refractivity contribution in [2.24, 2.45) is 5.92 Å². The van der Waals surface area contributed by atoms with Crippen molar-refractivity contribution in [2.75, 3.05) is 13.1 Å². The molecule has 1 aromatic rings. The number of nitrogens with one attached hydrogen (secondary N) is 2. The van der Waals surface area contributed by atoms with Crippen molar-refractivity contribution >= 4 is 10.0 Å². The van der Waals surface area contributed by atoms with Gasteiger partial charge >= 0.3 is 0 Å². The lowest BCUT2D eigenvalue weighted by molar-refractivity contribution is 0.320. The van der Waals surface area contributed by atoms with E-state index in [2.05, 4.69) is 10.0 Å². The van der Waals surface area contributed by atoms with Gasteiger partial charge in [-0.2, -0.15) is 0 Å². The molecule has 0 saturated carbocycles. The van der Waals surface area contributed by atoms with Crippen LogP contribution in [0, 0.1) is 18.7 Å². The summed E-state index contributed by atoms with van der Waals surface area (Å²) in [5, 5.41) is 3.27. The first-order valence-corrected chi connectivity index (χ1v) is 8.37. The predicted molar refractivity (Wildman–Crippen MR) is 76.5 cm³/mol. The molecule has 2 rings (SSSR count). The van der Waals surface area contributed by atoms with E-state index < -0.39 is 15.8 Å². The third kappa shape index (κ3) is 3.56. The highest BCUT2D eigenvalue weighted by Gasteiger charge is 2.26. The fourth-order valence-corrected chi connectivity index (χ4v) is 4.14. The first-order chi connectivity index (χ1) is 9.40. The van der Waals surface area contributed by atoms with E-state index in [9.17, 15) is 12.8 Å². The van der Waals surface area contributed by atoms with Crippen LogP contribution >= 0.6 is 0 Å². The highest BCUT2D eigenvalue weighted by Crippen LogP contribution is 2.20. The van der Waals surface area contributed by atoms with Gasteiger partial charge < -0.3 is 5.32 Å². The normalized spacial score (nSPS) is 21.6. The van der Waals surface area contributed by atoms with Gasteiger partial charge in [-0.3, -0.25) is 0 Å². The average molecular weight is 300 g/mol. The minimum absolute atomic E-state index is 0.0214. The maximum absolute atomic E-state index is 13.3. The largest absolute Gasteiger partial charge is 0.316 e. The van der Waals surface area contributed by atoms with E-state index in [0.29, 0.717) is 5.56 Å². The number of hydrogen-bond donors (Lipinski definition) is 2. The van der Waals surface area contributed by atoms with Crippen LogP contribution in [0.3, 0.4) is 0 Å². The lowest BCUT2D eigenvalue weighted by Gasteiger charge is -2.28. The fraction of sp³-hybridized carbons (Fsp3) is 0.571. The van der Waals surface area contributed by atoms with Gasteiger partial charge in [0.15, 0.2) is 0 Å². The fourth-order valence-electron chi connectivity index (χ4n) is 2.57. The van der Waals surface area contributed by atoms with Crippen LogP contribution in [0.5, 0.6) is 0 Å². The van der Waals surface area contributed by atoms with E-state index in [1.54, 1.807) is 6.92 Å². The lowest BCUT2D eigenvalue weighted by atomic mass is 9.94. The number of aryl methyl sites for hydroxylation is 1. The molecule has 4 nitrogen and oxygen atoms in total. The Morgan fingerprint density at radius 2 is 2.20 bits per heavy atom. The highest BCUT2D eigenvalue weighted by atomic mass is 32.2. The van der Waals surface area contributed by atoms with Crippen LogP contribution in [0.2, 0.25) is 0 Å². The highest BCUT2D eigenvalue weighted by molar-refractivity contribution is 7.89. The zero-order valence-electron chi connectivity index (χ0n) is 11.8. The maximum atomic E-state index is 13.3. The molecule has 0 aromatic heterocycles. The monoisotopic (exact) mass is 300 g/mol. The molecule has 1 aliphatic rings. The molecule has 20 heavy (non-hydrogen) atoms. The zero-order chi connectivity index (χ0) is 14.8. The first kappa shape index (κ1) is 15.4. The van der Waals surface area contributed by atoms with E-state index in [1.807, 2.05) is 6.92 Å². The number of sulfonamides is 1. The molecule has 1 heterocycles. The number of hydrogen-bond acceptors (Lipinski definition) is 3. The standard InChI is InChI=1S/C14H21FN2O2S/c1-10-5-6-13(15)8-14(10)20(18,19)17-11(2)12-4-3-7-16-9-12/h5-6,8,11-12,16-17H,3-4,7,9H2,1-2H3. The second kappa shape index (κ2) is 6.20. The molecule has 0 spiro atoms. The molecule has 1 aromatic carbocycles. The Hall–Kier alpha value is -0.980. The number of piperidine rings is 1. The van der Waals surface area contributed by atoms with E-state index in [1.165, 1.54) is 12.1 Å². The van der Waals surface area contributed by atoms with Gasteiger partial charge in [0.25, 0.3) is 0 Å². The van der Waals surface area contributed by atoms with E-state index in [4.69, 9.17) is 0 Å². The van der Waals surface area contributed by atoms with Crippen molar-refractivity contribution in [3.05, 3.63) is 29.6 Å². The van der Waals surface area contributed by atoms with E-state index in [0.717, 1.165) is 32.0 Å². The van der Waals surface area contributed by atoms with Gasteiger partial charge in [-0.1, -0.05) is 6.07 Å². The molecular formula is C14H21FN2O2S. The molecule has 2 N–H and O–H groups in total. The molecule has 0 radical (unpaired) electrons. The van der Waals surface area contributed by atoms with Crippen LogP contribution in [0.25, 0.3) is 0 Å². The smallest absolute Gasteiger partial charge is 0.241 e. The van der Waals surface area contributed by atoms with Gasteiger partial charge in [-0.05, 0) is 63.4 Å². The van der Waals surface area contributed by atoms with E-state index >= 15 is 0 Å². The molecule has 2 unspecified atom stereocenters. The number of halogens is 1. The summed E-state index contributed by atoms with van der Waals surface area (Å²) in [6.45, 7) is 5.33. The Balaban J connectivity index is 2.16. The summed E-state index contributed by atoms with van der Waals surface area (Å²) >= 11 is 0. The first-order valence-electron chi connectivity index (χ1n) is 6.89. The van der Waals surface area contributed by atoms with Crippen molar-refractivity contribution in [3.8, 4) is 0 Å². The van der Waals surface area contributed by atoms with Crippen molar-refractivity contribution in [1.82, 2.24) is 10.0 Å². The zero-order valence-corrected chi connectivity index (χ0v) is 12.6. The third-order valence-corrected chi connectivity index (χ3v) is 5.52. The second-order valence-electron chi connectivity index (χ2n) is 5.43. The van der Waals surface area contributed by atoms with E-state index in [-0.39, 0.29) is 16.9 Å². The summed E-state index contributed by atoms with van der Waals surface area (Å²) in [6.07, 6.45) is 2.05. The molecule has 2 atom stereocenters. The Kier molecular flexibility index (Phi) is 4.78. The van der Waals surface area contributed by atoms with Crippen LogP contribution in [0.4, 0.5) is 4.39 Å². The molecular weight excluding hydrogens is 279 g/mol. The topological polar surface area (TPSA) is 58.2 Å². The average Bonchev–Trinajstić information content (AvgIpc) is 2.42. The molecule has 6 heteroatoms. The summed E-state index contributed by atoms with van der Waals surface area (Å²) in [6, 6.07) is 3.65. The predicted octanol–water partition coefficient (Wildman–Crippen LogP) is 1.80. The Bertz CT molecular complexity index is 569. The summed E-state index contributed by atoms with van der Waals surface area (Å²) < 4.78 is 40.7. The molecule has 1 aliphatic heterocycles. The Morgan fingerprint density at radius 1 is 1.45 bits per heavy atom. The third-order valence-electron chi connectivity index (χ3n) is 3.82. The van der Waals surface area contributed by atoms with Crippen LogP contribution in [0.1, 0.15) is 25.3 Å². The summed E-state index contributed by atoms with van der Waals surface area (Å²) in [7, 11) is -3.68. The van der Waals surface area contributed by atoms with Crippen LogP contribution in [-0.2, 0) is 10.0 Å².